The van der Waals surface area contributed by atoms with Crippen molar-refractivity contribution in [2.24, 2.45) is 0 Å². The molecule has 1 aliphatic heterocycles. The summed E-state index contributed by atoms with van der Waals surface area (Å²) >= 11 is 0. The maximum absolute atomic E-state index is 12.3. The highest BCUT2D eigenvalue weighted by atomic mass is 16.5. The Kier molecular flexibility index (Phi) is 5.77. The number of carbonyl (C=O) groups is 2. The zero-order chi connectivity index (χ0) is 15.9. The minimum absolute atomic E-state index is 0.0613. The second kappa shape index (κ2) is 7.79. The van der Waals surface area contributed by atoms with Crippen LogP contribution in [0.15, 0.2) is 30.3 Å². The summed E-state index contributed by atoms with van der Waals surface area (Å²) in [6.45, 7) is 4.26. The van der Waals surface area contributed by atoms with Gasteiger partial charge in [0.1, 0.15) is 18.4 Å². The fourth-order valence-electron chi connectivity index (χ4n) is 2.50. The number of para-hydroxylation sites is 1. The van der Waals surface area contributed by atoms with Gasteiger partial charge in [-0.05, 0) is 19.2 Å². The largest absolute Gasteiger partial charge is 0.492 e. The van der Waals surface area contributed by atoms with Gasteiger partial charge >= 0.3 is 0 Å². The van der Waals surface area contributed by atoms with E-state index in [2.05, 4.69) is 10.2 Å². The van der Waals surface area contributed by atoms with E-state index in [0.717, 1.165) is 12.3 Å². The summed E-state index contributed by atoms with van der Waals surface area (Å²) in [5.74, 6) is 0.590. The fourth-order valence-corrected chi connectivity index (χ4v) is 2.50. The van der Waals surface area contributed by atoms with E-state index < -0.39 is 6.04 Å². The molecular formula is C16H23N3O3. The lowest BCUT2D eigenvalue weighted by Crippen LogP contribution is -2.59. The first-order valence-corrected chi connectivity index (χ1v) is 7.49. The zero-order valence-corrected chi connectivity index (χ0v) is 13.1. The number of nitrogens with one attached hydrogen (secondary N) is 1. The Morgan fingerprint density at radius 1 is 1.27 bits per heavy atom. The SMILES string of the molecule is CC(=O)N1CCN(C)C[C@@H]1C(=O)NCCOc1ccccc1. The van der Waals surface area contributed by atoms with Crippen LogP contribution in [0.3, 0.4) is 0 Å². The Labute approximate surface area is 131 Å². The van der Waals surface area contributed by atoms with E-state index in [0.29, 0.717) is 26.2 Å². The predicted octanol–water partition coefficient (Wildman–Crippen LogP) is 0.344. The van der Waals surface area contributed by atoms with Crippen LogP contribution >= 0.6 is 0 Å². The van der Waals surface area contributed by atoms with Gasteiger partial charge in [-0.15, -0.1) is 0 Å². The third-order valence-corrected chi connectivity index (χ3v) is 3.70. The highest BCUT2D eigenvalue weighted by molar-refractivity contribution is 5.87. The molecule has 1 aliphatic rings. The smallest absolute Gasteiger partial charge is 0.244 e. The number of benzene rings is 1. The molecule has 6 heteroatoms. The molecule has 1 aromatic carbocycles. The van der Waals surface area contributed by atoms with E-state index in [-0.39, 0.29) is 11.8 Å². The number of hydrogen-bond acceptors (Lipinski definition) is 4. The number of ether oxygens (including phenoxy) is 1. The normalized spacial score (nSPS) is 18.8. The first kappa shape index (κ1) is 16.3. The molecule has 0 spiro atoms. The van der Waals surface area contributed by atoms with Gasteiger partial charge in [0.25, 0.3) is 0 Å². The van der Waals surface area contributed by atoms with Gasteiger partial charge < -0.3 is 19.9 Å². The average molecular weight is 305 g/mol. The molecule has 6 nitrogen and oxygen atoms in total. The number of hydrogen-bond donors (Lipinski definition) is 1. The van der Waals surface area contributed by atoms with Crippen LogP contribution in [0.1, 0.15) is 6.92 Å². The van der Waals surface area contributed by atoms with Crippen molar-refractivity contribution < 1.29 is 14.3 Å². The molecule has 0 saturated carbocycles. The summed E-state index contributed by atoms with van der Waals surface area (Å²) in [6, 6.07) is 9.04. The van der Waals surface area contributed by atoms with Crippen molar-refractivity contribution in [1.82, 2.24) is 15.1 Å². The van der Waals surface area contributed by atoms with Crippen molar-refractivity contribution in [3.63, 3.8) is 0 Å². The summed E-state index contributed by atoms with van der Waals surface area (Å²) in [5, 5.41) is 2.84. The van der Waals surface area contributed by atoms with E-state index >= 15 is 0 Å². The van der Waals surface area contributed by atoms with E-state index in [1.54, 1.807) is 4.90 Å². The lowest BCUT2D eigenvalue weighted by atomic mass is 10.1. The first-order chi connectivity index (χ1) is 10.6. The van der Waals surface area contributed by atoms with Gasteiger partial charge in [-0.25, -0.2) is 0 Å². The van der Waals surface area contributed by atoms with Crippen LogP contribution in [0.2, 0.25) is 0 Å². The summed E-state index contributed by atoms with van der Waals surface area (Å²) in [4.78, 5) is 27.6. The third kappa shape index (κ3) is 4.46. The van der Waals surface area contributed by atoms with Crippen LogP contribution in [-0.2, 0) is 9.59 Å². The number of amides is 2. The zero-order valence-electron chi connectivity index (χ0n) is 13.1. The molecule has 1 aromatic rings. The molecule has 0 unspecified atom stereocenters. The molecule has 0 aliphatic carbocycles. The molecule has 2 amide bonds. The summed E-state index contributed by atoms with van der Waals surface area (Å²) < 4.78 is 5.53. The Morgan fingerprint density at radius 3 is 2.68 bits per heavy atom. The maximum atomic E-state index is 12.3. The van der Waals surface area contributed by atoms with Gasteiger partial charge in [0.2, 0.25) is 11.8 Å². The molecule has 0 radical (unpaired) electrons. The van der Waals surface area contributed by atoms with Crippen LogP contribution in [-0.4, -0.2) is 67.5 Å². The number of carbonyl (C=O) groups excluding carboxylic acids is 2. The standard InChI is InChI=1S/C16H23N3O3/c1-13(20)19-10-9-18(2)12-15(19)16(21)17-8-11-22-14-6-4-3-5-7-14/h3-7,15H,8-12H2,1-2H3,(H,17,21)/t15-/m1/s1. The molecular weight excluding hydrogens is 282 g/mol. The minimum Gasteiger partial charge on any atom is -0.492 e. The average Bonchev–Trinajstić information content (AvgIpc) is 2.52. The van der Waals surface area contributed by atoms with Crippen LogP contribution in [0.5, 0.6) is 5.75 Å². The van der Waals surface area contributed by atoms with Crippen molar-refractivity contribution in [3.05, 3.63) is 30.3 Å². The molecule has 22 heavy (non-hydrogen) atoms. The highest BCUT2D eigenvalue weighted by Gasteiger charge is 2.32. The molecule has 1 atom stereocenters. The lowest BCUT2D eigenvalue weighted by molar-refractivity contribution is -0.142. The molecule has 0 bridgehead atoms. The van der Waals surface area contributed by atoms with Gasteiger partial charge in [-0.1, -0.05) is 18.2 Å². The molecule has 0 aromatic heterocycles. The van der Waals surface area contributed by atoms with E-state index in [4.69, 9.17) is 4.74 Å². The molecule has 120 valence electrons. The number of rotatable bonds is 5. The quantitative estimate of drug-likeness (QED) is 0.797. The van der Waals surface area contributed by atoms with Crippen LogP contribution in [0, 0.1) is 0 Å². The molecule has 2 rings (SSSR count). The van der Waals surface area contributed by atoms with Gasteiger partial charge in [0.05, 0.1) is 6.54 Å². The van der Waals surface area contributed by atoms with Gasteiger partial charge in [0, 0.05) is 26.6 Å². The third-order valence-electron chi connectivity index (χ3n) is 3.70. The minimum atomic E-state index is -0.423. The summed E-state index contributed by atoms with van der Waals surface area (Å²) in [5.41, 5.74) is 0. The summed E-state index contributed by atoms with van der Waals surface area (Å²) in [6.07, 6.45) is 0. The second-order valence-electron chi connectivity index (χ2n) is 5.44. The van der Waals surface area contributed by atoms with Crippen molar-refractivity contribution in [2.45, 2.75) is 13.0 Å². The number of piperazine rings is 1. The molecule has 1 heterocycles. The predicted molar refractivity (Wildman–Crippen MR) is 83.6 cm³/mol. The van der Waals surface area contributed by atoms with Crippen molar-refractivity contribution in [1.29, 1.82) is 0 Å². The van der Waals surface area contributed by atoms with Gasteiger partial charge in [-0.2, -0.15) is 0 Å². The fraction of sp³-hybridized carbons (Fsp3) is 0.500. The highest BCUT2D eigenvalue weighted by Crippen LogP contribution is 2.09. The maximum Gasteiger partial charge on any atom is 0.244 e. The van der Waals surface area contributed by atoms with Crippen LogP contribution < -0.4 is 10.1 Å². The molecule has 1 N–H and O–H groups in total. The van der Waals surface area contributed by atoms with Crippen molar-refractivity contribution >= 4 is 11.8 Å². The van der Waals surface area contributed by atoms with Crippen LogP contribution in [0.25, 0.3) is 0 Å². The Hall–Kier alpha value is -2.08. The van der Waals surface area contributed by atoms with E-state index in [1.165, 1.54) is 6.92 Å². The van der Waals surface area contributed by atoms with Gasteiger partial charge in [-0.3, -0.25) is 9.59 Å². The van der Waals surface area contributed by atoms with E-state index in [1.807, 2.05) is 37.4 Å². The lowest BCUT2D eigenvalue weighted by Gasteiger charge is -2.38. The number of nitrogens with zero attached hydrogens (tertiary/aromatic N) is 2. The van der Waals surface area contributed by atoms with Gasteiger partial charge in [0.15, 0.2) is 0 Å². The monoisotopic (exact) mass is 305 g/mol. The van der Waals surface area contributed by atoms with E-state index in [9.17, 15) is 9.59 Å². The number of likely N-dealkylation sites (N-methyl/N-ethyl adjacent to an activating group) is 1. The van der Waals surface area contributed by atoms with Crippen molar-refractivity contribution in [3.8, 4) is 5.75 Å². The Morgan fingerprint density at radius 2 is 2.00 bits per heavy atom. The second-order valence-corrected chi connectivity index (χ2v) is 5.44. The Bertz CT molecular complexity index is 507. The molecule has 1 fully saturated rings. The molecule has 1 saturated heterocycles. The van der Waals surface area contributed by atoms with Crippen LogP contribution in [0.4, 0.5) is 0 Å². The summed E-state index contributed by atoms with van der Waals surface area (Å²) in [7, 11) is 1.95. The topological polar surface area (TPSA) is 61.9 Å². The first-order valence-electron chi connectivity index (χ1n) is 7.49. The Balaban J connectivity index is 1.78. The van der Waals surface area contributed by atoms with Crippen molar-refractivity contribution in [2.75, 3.05) is 39.8 Å².